The molecule has 0 saturated carbocycles. The molecule has 3 aromatic rings. The average molecular weight is 540 g/mol. The van der Waals surface area contributed by atoms with Gasteiger partial charge in [-0.2, -0.15) is 26.3 Å². The van der Waals surface area contributed by atoms with Gasteiger partial charge in [0.05, 0.1) is 6.42 Å². The van der Waals surface area contributed by atoms with Gasteiger partial charge in [0.15, 0.2) is 0 Å². The number of hydrogen-bond acceptors (Lipinski definition) is 3. The first-order chi connectivity index (χ1) is 17.7. The number of pyridine rings is 1. The minimum absolute atomic E-state index is 0.0448. The summed E-state index contributed by atoms with van der Waals surface area (Å²) in [5.74, 6) is -1.28. The van der Waals surface area contributed by atoms with Crippen molar-refractivity contribution < 1.29 is 40.6 Å². The Labute approximate surface area is 213 Å². The van der Waals surface area contributed by atoms with Crippen LogP contribution in [0, 0.1) is 5.82 Å². The van der Waals surface area contributed by atoms with E-state index in [1.54, 1.807) is 36.4 Å². The number of rotatable bonds is 5. The van der Waals surface area contributed by atoms with Gasteiger partial charge in [0.1, 0.15) is 5.82 Å². The number of likely N-dealkylation sites (tertiary alicyclic amines) is 1. The summed E-state index contributed by atoms with van der Waals surface area (Å²) in [6, 6.07) is 12.4. The first-order valence-corrected chi connectivity index (χ1v) is 11.6. The van der Waals surface area contributed by atoms with Gasteiger partial charge >= 0.3 is 12.4 Å². The van der Waals surface area contributed by atoms with E-state index in [1.807, 2.05) is 0 Å². The topological polar surface area (TPSA) is 53.4 Å². The molecule has 4 nitrogen and oxygen atoms in total. The smallest absolute Gasteiger partial charge is 0.369 e. The molecule has 0 bridgehead atoms. The Balaban J connectivity index is 1.71. The van der Waals surface area contributed by atoms with Crippen molar-refractivity contribution in [2.75, 3.05) is 13.1 Å². The van der Waals surface area contributed by atoms with Crippen molar-refractivity contribution in [1.82, 2.24) is 9.88 Å². The molecular formula is C27H23F7N2O2. The van der Waals surface area contributed by atoms with Crippen molar-refractivity contribution in [3.05, 3.63) is 101 Å². The van der Waals surface area contributed by atoms with E-state index in [9.17, 15) is 40.6 Å². The van der Waals surface area contributed by atoms with Crippen LogP contribution >= 0.6 is 0 Å². The van der Waals surface area contributed by atoms with E-state index in [2.05, 4.69) is 4.98 Å². The Morgan fingerprint density at radius 1 is 1.00 bits per heavy atom. The highest BCUT2D eigenvalue weighted by atomic mass is 19.4. The number of aliphatic hydroxyl groups is 1. The van der Waals surface area contributed by atoms with Crippen LogP contribution in [0.15, 0.2) is 73.1 Å². The molecule has 2 atom stereocenters. The number of aromatic nitrogens is 1. The molecule has 0 spiro atoms. The van der Waals surface area contributed by atoms with Gasteiger partial charge in [-0.15, -0.1) is 0 Å². The van der Waals surface area contributed by atoms with Crippen LogP contribution in [0.5, 0.6) is 0 Å². The number of carbonyl (C=O) groups excluding carboxylic acids is 1. The van der Waals surface area contributed by atoms with Gasteiger partial charge in [-0.3, -0.25) is 9.78 Å². The molecular weight excluding hydrogens is 517 g/mol. The second kappa shape index (κ2) is 9.68. The quantitative estimate of drug-likeness (QED) is 0.425. The first-order valence-electron chi connectivity index (χ1n) is 11.6. The van der Waals surface area contributed by atoms with Crippen LogP contribution in [0.4, 0.5) is 30.7 Å². The highest BCUT2D eigenvalue weighted by molar-refractivity contribution is 5.79. The monoisotopic (exact) mass is 540 g/mol. The summed E-state index contributed by atoms with van der Waals surface area (Å²) in [6.07, 6.45) is -8.85. The highest BCUT2D eigenvalue weighted by Gasteiger charge is 2.71. The lowest BCUT2D eigenvalue weighted by molar-refractivity contribution is -0.376. The normalized spacial score (nSPS) is 20.6. The Kier molecular flexibility index (Phi) is 7.02. The van der Waals surface area contributed by atoms with Crippen LogP contribution in [0.1, 0.15) is 35.1 Å². The van der Waals surface area contributed by atoms with Crippen molar-refractivity contribution in [3.8, 4) is 0 Å². The minimum atomic E-state index is -6.00. The predicted molar refractivity (Wildman–Crippen MR) is 123 cm³/mol. The zero-order valence-corrected chi connectivity index (χ0v) is 20.0. The van der Waals surface area contributed by atoms with Gasteiger partial charge in [-0.1, -0.05) is 49.4 Å². The first kappa shape index (κ1) is 27.6. The molecule has 38 heavy (non-hydrogen) atoms. The highest BCUT2D eigenvalue weighted by Crippen LogP contribution is 2.51. The summed E-state index contributed by atoms with van der Waals surface area (Å²) in [5, 5.41) is 9.73. The maximum absolute atomic E-state index is 13.6. The Morgan fingerprint density at radius 2 is 1.61 bits per heavy atom. The molecule has 1 aliphatic heterocycles. The van der Waals surface area contributed by atoms with Gasteiger partial charge in [0.25, 0.3) is 5.60 Å². The third kappa shape index (κ3) is 4.87. The van der Waals surface area contributed by atoms with Crippen LogP contribution < -0.4 is 0 Å². The molecule has 0 radical (unpaired) electrons. The Bertz CT molecular complexity index is 1260. The fourth-order valence-electron chi connectivity index (χ4n) is 5.01. The lowest BCUT2D eigenvalue weighted by atomic mass is 9.71. The van der Waals surface area contributed by atoms with Gasteiger partial charge < -0.3 is 10.0 Å². The predicted octanol–water partition coefficient (Wildman–Crippen LogP) is 5.66. The zero-order chi connectivity index (χ0) is 27.9. The molecule has 11 heteroatoms. The summed E-state index contributed by atoms with van der Waals surface area (Å²) in [6.45, 7) is 2.10. The molecule has 1 saturated heterocycles. The molecule has 1 fully saturated rings. The third-order valence-electron chi connectivity index (χ3n) is 7.18. The maximum atomic E-state index is 13.6. The third-order valence-corrected chi connectivity index (χ3v) is 7.18. The van der Waals surface area contributed by atoms with Crippen molar-refractivity contribution in [1.29, 1.82) is 0 Å². The SMILES string of the molecule is C[C@]1(c2ccc(F)cc2)CN(C(=O)Cc2cccnc2)C[C@H]1c1ccc(C(O)(C(F)(F)F)C(F)(F)F)cc1. The van der Waals surface area contributed by atoms with Crippen LogP contribution in [0.25, 0.3) is 0 Å². The Hall–Kier alpha value is -3.47. The second-order valence-electron chi connectivity index (χ2n) is 9.62. The number of alkyl halides is 6. The van der Waals surface area contributed by atoms with Crippen molar-refractivity contribution in [3.63, 3.8) is 0 Å². The second-order valence-corrected chi connectivity index (χ2v) is 9.62. The van der Waals surface area contributed by atoms with Crippen LogP contribution in [0.3, 0.4) is 0 Å². The van der Waals surface area contributed by atoms with Gasteiger partial charge in [0, 0.05) is 42.4 Å². The van der Waals surface area contributed by atoms with E-state index in [1.165, 1.54) is 24.3 Å². The van der Waals surface area contributed by atoms with E-state index in [0.29, 0.717) is 28.8 Å². The summed E-state index contributed by atoms with van der Waals surface area (Å²) in [4.78, 5) is 18.7. The van der Waals surface area contributed by atoms with Crippen LogP contribution in [-0.4, -0.2) is 46.3 Å². The molecule has 2 heterocycles. The molecule has 202 valence electrons. The molecule has 0 unspecified atom stereocenters. The molecule has 1 N–H and O–H groups in total. The number of halogens is 7. The average Bonchev–Trinajstić information content (AvgIpc) is 3.22. The summed E-state index contributed by atoms with van der Waals surface area (Å²) in [7, 11) is 0. The summed E-state index contributed by atoms with van der Waals surface area (Å²) in [5.41, 5.74) is -5.57. The van der Waals surface area contributed by atoms with E-state index >= 15 is 0 Å². The van der Waals surface area contributed by atoms with Crippen LogP contribution in [-0.2, 0) is 22.2 Å². The van der Waals surface area contributed by atoms with E-state index in [-0.39, 0.29) is 25.4 Å². The summed E-state index contributed by atoms with van der Waals surface area (Å²) < 4.78 is 93.6. The van der Waals surface area contributed by atoms with Crippen LogP contribution in [0.2, 0.25) is 0 Å². The van der Waals surface area contributed by atoms with Gasteiger partial charge in [-0.05, 0) is 34.9 Å². The fraction of sp³-hybridized carbons (Fsp3) is 0.333. The largest absolute Gasteiger partial charge is 0.430 e. The number of amides is 1. The molecule has 4 rings (SSSR count). The van der Waals surface area contributed by atoms with E-state index in [4.69, 9.17) is 0 Å². The molecule has 1 aliphatic rings. The van der Waals surface area contributed by atoms with Crippen molar-refractivity contribution >= 4 is 5.91 Å². The minimum Gasteiger partial charge on any atom is -0.369 e. The van der Waals surface area contributed by atoms with Crippen molar-refractivity contribution in [2.45, 2.75) is 42.6 Å². The molecule has 0 aliphatic carbocycles. The van der Waals surface area contributed by atoms with E-state index < -0.39 is 40.7 Å². The van der Waals surface area contributed by atoms with Gasteiger partial charge in [-0.25, -0.2) is 4.39 Å². The van der Waals surface area contributed by atoms with Gasteiger partial charge in [0.2, 0.25) is 5.91 Å². The molecule has 2 aromatic carbocycles. The lowest BCUT2D eigenvalue weighted by Gasteiger charge is -2.34. The molecule has 1 aromatic heterocycles. The van der Waals surface area contributed by atoms with E-state index in [0.717, 1.165) is 12.1 Å². The number of carbonyl (C=O) groups is 1. The maximum Gasteiger partial charge on any atom is 0.430 e. The molecule has 1 amide bonds. The van der Waals surface area contributed by atoms with Crippen molar-refractivity contribution in [2.24, 2.45) is 0 Å². The summed E-state index contributed by atoms with van der Waals surface area (Å²) >= 11 is 0. The zero-order valence-electron chi connectivity index (χ0n) is 20.0. The Morgan fingerprint density at radius 3 is 2.13 bits per heavy atom. The number of benzene rings is 2. The fourth-order valence-corrected chi connectivity index (χ4v) is 5.01. The number of hydrogen-bond donors (Lipinski definition) is 1. The number of nitrogens with zero attached hydrogens (tertiary/aromatic N) is 2. The lowest BCUT2D eigenvalue weighted by Crippen LogP contribution is -2.53. The standard InChI is InChI=1S/C27H23F7N2O2/c1-24(19-8-10-21(28)11-9-19)16-36(23(37)13-17-3-2-12-35-14-17)15-22(24)18-4-6-20(7-5-18)25(38,26(29,30)31)27(32,33)34/h2-12,14,22,38H,13,15-16H2,1H3/t22-,24+/m0/s1.